The van der Waals surface area contributed by atoms with Crippen LogP contribution in [-0.4, -0.2) is 40.6 Å². The number of pyridine rings is 1. The van der Waals surface area contributed by atoms with E-state index < -0.39 is 5.60 Å². The first kappa shape index (κ1) is 17.7. The maximum atomic E-state index is 12.5. The molecule has 1 aliphatic carbocycles. The van der Waals surface area contributed by atoms with Gasteiger partial charge in [-0.05, 0) is 64.5 Å². The summed E-state index contributed by atoms with van der Waals surface area (Å²) in [6, 6.07) is 4.11. The van der Waals surface area contributed by atoms with E-state index in [1.807, 2.05) is 37.8 Å². The molecule has 2 fully saturated rings. The van der Waals surface area contributed by atoms with Gasteiger partial charge in [-0.25, -0.2) is 9.78 Å². The lowest BCUT2D eigenvalue weighted by Crippen LogP contribution is -2.39. The van der Waals surface area contributed by atoms with Gasteiger partial charge in [0.15, 0.2) is 0 Å². The molecule has 2 heterocycles. The molecule has 25 heavy (non-hydrogen) atoms. The van der Waals surface area contributed by atoms with Crippen LogP contribution in [0.1, 0.15) is 64.5 Å². The third-order valence-electron chi connectivity index (χ3n) is 4.58. The fraction of sp³-hybridized carbons (Fsp3) is 0.632. The van der Waals surface area contributed by atoms with Crippen molar-refractivity contribution in [2.24, 2.45) is 0 Å². The molecule has 2 aliphatic rings. The Bertz CT molecular complexity index is 620. The summed E-state index contributed by atoms with van der Waals surface area (Å²) in [6.07, 6.45) is 7.45. The number of carbonyl (C=O) groups excluding carboxylic acids is 2. The van der Waals surface area contributed by atoms with Crippen LogP contribution in [0, 0.1) is 0 Å². The highest BCUT2D eigenvalue weighted by molar-refractivity contribution is 5.88. The van der Waals surface area contributed by atoms with Crippen molar-refractivity contribution in [3.8, 4) is 0 Å². The fourth-order valence-electron chi connectivity index (χ4n) is 3.25. The molecule has 0 unspecified atom stereocenters. The van der Waals surface area contributed by atoms with Crippen molar-refractivity contribution in [1.29, 1.82) is 0 Å². The van der Waals surface area contributed by atoms with Crippen molar-refractivity contribution in [1.82, 2.24) is 9.88 Å². The molecule has 3 rings (SSSR count). The van der Waals surface area contributed by atoms with E-state index in [0.29, 0.717) is 5.82 Å². The van der Waals surface area contributed by atoms with E-state index in [0.717, 1.165) is 50.6 Å². The summed E-state index contributed by atoms with van der Waals surface area (Å²) in [4.78, 5) is 31.8. The molecule has 0 aromatic carbocycles. The minimum absolute atomic E-state index is 0.0868. The monoisotopic (exact) mass is 345 g/mol. The Balaban J connectivity index is 1.77. The van der Waals surface area contributed by atoms with Crippen LogP contribution in [0.5, 0.6) is 0 Å². The van der Waals surface area contributed by atoms with Crippen LogP contribution >= 0.6 is 0 Å². The Hall–Kier alpha value is -2.11. The zero-order chi connectivity index (χ0) is 18.0. The number of hydrogen-bond donors (Lipinski definition) is 0. The molecular weight excluding hydrogens is 318 g/mol. The van der Waals surface area contributed by atoms with Gasteiger partial charge in [-0.1, -0.05) is 6.07 Å². The third kappa shape index (κ3) is 4.30. The smallest absolute Gasteiger partial charge is 0.416 e. The number of carbonyl (C=O) groups is 2. The van der Waals surface area contributed by atoms with E-state index in [-0.39, 0.29) is 18.2 Å². The number of likely N-dealkylation sites (tertiary alicyclic amines) is 1. The number of hydrogen-bond acceptors (Lipinski definition) is 4. The van der Waals surface area contributed by atoms with Crippen LogP contribution in [0.2, 0.25) is 0 Å². The van der Waals surface area contributed by atoms with Crippen LogP contribution in [0.25, 0.3) is 0 Å². The first-order chi connectivity index (χ1) is 11.9. The van der Waals surface area contributed by atoms with Crippen LogP contribution in [0.15, 0.2) is 18.3 Å². The predicted octanol–water partition coefficient (Wildman–Crippen LogP) is 3.67. The molecule has 0 radical (unpaired) electrons. The summed E-state index contributed by atoms with van der Waals surface area (Å²) in [6.45, 7) is 6.39. The minimum atomic E-state index is -0.531. The zero-order valence-electron chi connectivity index (χ0n) is 15.3. The molecule has 1 atom stereocenters. The Morgan fingerprint density at radius 3 is 2.60 bits per heavy atom. The second kappa shape index (κ2) is 7.02. The molecule has 6 heteroatoms. The van der Waals surface area contributed by atoms with Gasteiger partial charge in [0, 0.05) is 18.8 Å². The minimum Gasteiger partial charge on any atom is -0.443 e. The second-order valence-electron chi connectivity index (χ2n) is 7.89. The number of anilines is 1. The highest BCUT2D eigenvalue weighted by atomic mass is 16.6. The lowest BCUT2D eigenvalue weighted by atomic mass is 9.97. The molecule has 2 amide bonds. The highest BCUT2D eigenvalue weighted by Gasteiger charge is 2.37. The third-order valence-corrected chi connectivity index (χ3v) is 4.58. The van der Waals surface area contributed by atoms with Crippen molar-refractivity contribution in [3.05, 3.63) is 23.9 Å². The van der Waals surface area contributed by atoms with Gasteiger partial charge in [0.2, 0.25) is 6.41 Å². The molecule has 0 N–H and O–H groups in total. The maximum Gasteiger partial charge on any atom is 0.416 e. The summed E-state index contributed by atoms with van der Waals surface area (Å²) in [5.41, 5.74) is 0.493. The first-order valence-corrected chi connectivity index (χ1v) is 9.08. The van der Waals surface area contributed by atoms with Crippen molar-refractivity contribution in [2.75, 3.05) is 11.4 Å². The lowest BCUT2D eigenvalue weighted by molar-refractivity contribution is -0.121. The van der Waals surface area contributed by atoms with Gasteiger partial charge in [0.1, 0.15) is 11.4 Å². The number of amides is 2. The maximum absolute atomic E-state index is 12.5. The molecule has 1 aliphatic heterocycles. The summed E-state index contributed by atoms with van der Waals surface area (Å²) in [7, 11) is 0. The highest BCUT2D eigenvalue weighted by Crippen LogP contribution is 2.34. The average molecular weight is 345 g/mol. The zero-order valence-corrected chi connectivity index (χ0v) is 15.3. The number of nitrogens with zero attached hydrogens (tertiary/aromatic N) is 3. The topological polar surface area (TPSA) is 62.7 Å². The van der Waals surface area contributed by atoms with Crippen molar-refractivity contribution >= 4 is 18.3 Å². The summed E-state index contributed by atoms with van der Waals surface area (Å²) < 4.78 is 5.53. The van der Waals surface area contributed by atoms with E-state index in [1.165, 1.54) is 0 Å². The summed E-state index contributed by atoms with van der Waals surface area (Å²) in [5, 5.41) is 0. The largest absolute Gasteiger partial charge is 0.443 e. The van der Waals surface area contributed by atoms with Gasteiger partial charge in [0.05, 0.1) is 6.04 Å². The lowest BCUT2D eigenvalue weighted by Gasteiger charge is -2.33. The fourth-order valence-corrected chi connectivity index (χ4v) is 3.25. The van der Waals surface area contributed by atoms with Gasteiger partial charge in [-0.3, -0.25) is 9.69 Å². The van der Waals surface area contributed by atoms with Crippen LogP contribution in [0.3, 0.4) is 0 Å². The Labute approximate surface area is 149 Å². The van der Waals surface area contributed by atoms with Gasteiger partial charge in [-0.15, -0.1) is 0 Å². The van der Waals surface area contributed by atoms with Crippen molar-refractivity contribution in [3.63, 3.8) is 0 Å². The van der Waals surface area contributed by atoms with E-state index >= 15 is 0 Å². The van der Waals surface area contributed by atoms with Crippen molar-refractivity contribution < 1.29 is 14.3 Å². The summed E-state index contributed by atoms with van der Waals surface area (Å²) in [5.74, 6) is 0.619. The standard InChI is InChI=1S/C19H27N3O3/c1-19(2,3)25-18(24)22(15-8-9-15)17-10-7-14(12-20-17)16-6-4-5-11-21(16)13-23/h7,10,12-13,15-16H,4-6,8-9,11H2,1-3H3/t16-/m0/s1. The van der Waals surface area contributed by atoms with Gasteiger partial charge < -0.3 is 9.64 Å². The molecule has 6 nitrogen and oxygen atoms in total. The number of rotatable bonds is 4. The Morgan fingerprint density at radius 2 is 2.04 bits per heavy atom. The van der Waals surface area contributed by atoms with Gasteiger partial charge >= 0.3 is 6.09 Å². The molecular formula is C19H27N3O3. The number of piperidine rings is 1. The van der Waals surface area contributed by atoms with E-state index in [4.69, 9.17) is 4.74 Å². The van der Waals surface area contributed by atoms with Crippen molar-refractivity contribution in [2.45, 2.75) is 70.6 Å². The Morgan fingerprint density at radius 1 is 1.28 bits per heavy atom. The normalized spacial score (nSPS) is 20.9. The molecule has 1 saturated heterocycles. The van der Waals surface area contributed by atoms with Crippen LogP contribution in [-0.2, 0) is 9.53 Å². The van der Waals surface area contributed by atoms with Gasteiger partial charge in [-0.2, -0.15) is 0 Å². The molecule has 0 bridgehead atoms. The number of ether oxygens (including phenoxy) is 1. The first-order valence-electron chi connectivity index (χ1n) is 9.08. The van der Waals surface area contributed by atoms with E-state index in [2.05, 4.69) is 4.98 Å². The molecule has 1 aromatic heterocycles. The predicted molar refractivity (Wildman–Crippen MR) is 95.3 cm³/mol. The summed E-state index contributed by atoms with van der Waals surface area (Å²) >= 11 is 0. The quantitative estimate of drug-likeness (QED) is 0.781. The molecule has 136 valence electrons. The number of aromatic nitrogens is 1. The molecule has 1 saturated carbocycles. The molecule has 0 spiro atoms. The molecule has 1 aromatic rings. The second-order valence-corrected chi connectivity index (χ2v) is 7.89. The van der Waals surface area contributed by atoms with Gasteiger partial charge in [0.25, 0.3) is 0 Å². The Kier molecular flexibility index (Phi) is 4.97. The SMILES string of the molecule is CC(C)(C)OC(=O)N(c1ccc([C@@H]2CCCCN2C=O)cn1)C1CC1. The van der Waals surface area contributed by atoms with E-state index in [9.17, 15) is 9.59 Å². The average Bonchev–Trinajstić information content (AvgIpc) is 3.39. The van der Waals surface area contributed by atoms with E-state index in [1.54, 1.807) is 11.1 Å². The van der Waals surface area contributed by atoms with Crippen LogP contribution < -0.4 is 4.90 Å². The van der Waals surface area contributed by atoms with Crippen LogP contribution in [0.4, 0.5) is 10.6 Å².